The number of nitrogens with two attached hydrogens (primary N) is 1. The second kappa shape index (κ2) is 5.95. The van der Waals surface area contributed by atoms with Crippen molar-refractivity contribution in [2.75, 3.05) is 10.7 Å². The summed E-state index contributed by atoms with van der Waals surface area (Å²) in [5, 5.41) is 3.56. The first-order chi connectivity index (χ1) is 9.76. The molecule has 1 aromatic rings. The maximum absolute atomic E-state index is 5.51. The predicted octanol–water partition coefficient (Wildman–Crippen LogP) is 3.02. The number of hydrogen-bond acceptors (Lipinski definition) is 5. The van der Waals surface area contributed by atoms with Gasteiger partial charge in [0.05, 0.1) is 0 Å². The van der Waals surface area contributed by atoms with Crippen LogP contribution in [0.4, 0.5) is 11.6 Å². The van der Waals surface area contributed by atoms with E-state index in [2.05, 4.69) is 27.6 Å². The van der Waals surface area contributed by atoms with Crippen LogP contribution in [-0.2, 0) is 0 Å². The molecule has 0 saturated heterocycles. The van der Waals surface area contributed by atoms with E-state index in [0.29, 0.717) is 17.8 Å². The summed E-state index contributed by atoms with van der Waals surface area (Å²) in [7, 11) is 0. The van der Waals surface area contributed by atoms with Crippen LogP contribution in [0.3, 0.4) is 0 Å². The van der Waals surface area contributed by atoms with Gasteiger partial charge in [0.15, 0.2) is 0 Å². The Labute approximate surface area is 120 Å². The predicted molar refractivity (Wildman–Crippen MR) is 81.5 cm³/mol. The Morgan fingerprint density at radius 1 is 1.10 bits per heavy atom. The zero-order chi connectivity index (χ0) is 13.9. The van der Waals surface area contributed by atoms with Crippen LogP contribution in [0, 0.1) is 5.92 Å². The monoisotopic (exact) mass is 275 g/mol. The summed E-state index contributed by atoms with van der Waals surface area (Å²) in [5.41, 5.74) is 2.65. The van der Waals surface area contributed by atoms with E-state index in [-0.39, 0.29) is 0 Å². The van der Waals surface area contributed by atoms with Gasteiger partial charge in [-0.05, 0) is 38.5 Å². The molecule has 1 heterocycles. The first-order valence-corrected chi connectivity index (χ1v) is 7.88. The molecular weight excluding hydrogens is 250 g/mol. The van der Waals surface area contributed by atoms with Gasteiger partial charge in [0, 0.05) is 18.0 Å². The summed E-state index contributed by atoms with van der Waals surface area (Å²) in [5.74, 6) is 9.36. The van der Waals surface area contributed by atoms with Gasteiger partial charge >= 0.3 is 0 Å². The van der Waals surface area contributed by atoms with Crippen LogP contribution in [0.1, 0.15) is 63.6 Å². The number of nitrogens with one attached hydrogen (secondary N) is 2. The third-order valence-electron chi connectivity index (χ3n) is 4.57. The largest absolute Gasteiger partial charge is 0.367 e. The highest BCUT2D eigenvalue weighted by Gasteiger charge is 2.28. The summed E-state index contributed by atoms with van der Waals surface area (Å²) in [6.07, 6.45) is 9.18. The molecule has 110 valence electrons. The molecule has 0 amide bonds. The van der Waals surface area contributed by atoms with Gasteiger partial charge in [-0.25, -0.2) is 15.8 Å². The molecule has 1 unspecified atom stereocenters. The van der Waals surface area contributed by atoms with Gasteiger partial charge in [-0.3, -0.25) is 0 Å². The molecule has 3 rings (SSSR count). The molecule has 20 heavy (non-hydrogen) atoms. The van der Waals surface area contributed by atoms with Crippen LogP contribution in [0.5, 0.6) is 0 Å². The molecule has 4 N–H and O–H groups in total. The number of nitrogen functional groups attached to an aromatic ring is 1. The van der Waals surface area contributed by atoms with Crippen molar-refractivity contribution < 1.29 is 0 Å². The molecule has 2 aliphatic carbocycles. The Morgan fingerprint density at radius 2 is 1.80 bits per heavy atom. The third kappa shape index (κ3) is 3.20. The second-order valence-corrected chi connectivity index (χ2v) is 6.25. The van der Waals surface area contributed by atoms with Crippen molar-refractivity contribution in [2.24, 2.45) is 11.8 Å². The van der Waals surface area contributed by atoms with E-state index >= 15 is 0 Å². The maximum atomic E-state index is 5.51. The molecular formula is C15H25N5. The van der Waals surface area contributed by atoms with Gasteiger partial charge in [-0.2, -0.15) is 0 Å². The molecule has 0 radical (unpaired) electrons. The molecule has 1 atom stereocenters. The molecule has 5 heteroatoms. The summed E-state index contributed by atoms with van der Waals surface area (Å²) >= 11 is 0. The van der Waals surface area contributed by atoms with Crippen molar-refractivity contribution in [2.45, 2.75) is 63.8 Å². The number of rotatable bonds is 5. The minimum atomic E-state index is 0.461. The summed E-state index contributed by atoms with van der Waals surface area (Å²) in [6, 6.07) is 2.37. The minimum absolute atomic E-state index is 0.461. The highest BCUT2D eigenvalue weighted by atomic mass is 15.3. The first kappa shape index (κ1) is 13.6. The topological polar surface area (TPSA) is 75.9 Å². The van der Waals surface area contributed by atoms with Gasteiger partial charge in [0.2, 0.25) is 0 Å². The lowest BCUT2D eigenvalue weighted by molar-refractivity contribution is 0.328. The Kier molecular flexibility index (Phi) is 4.05. The minimum Gasteiger partial charge on any atom is -0.367 e. The van der Waals surface area contributed by atoms with Crippen molar-refractivity contribution in [3.05, 3.63) is 11.9 Å². The number of nitrogens with zero attached hydrogens (tertiary/aromatic N) is 2. The van der Waals surface area contributed by atoms with Gasteiger partial charge in [-0.15, -0.1) is 0 Å². The van der Waals surface area contributed by atoms with Crippen molar-refractivity contribution >= 4 is 11.6 Å². The molecule has 0 aliphatic heterocycles. The van der Waals surface area contributed by atoms with E-state index in [9.17, 15) is 0 Å². The lowest BCUT2D eigenvalue weighted by Gasteiger charge is -2.28. The number of hydrogen-bond donors (Lipinski definition) is 3. The highest BCUT2D eigenvalue weighted by Crippen LogP contribution is 2.39. The summed E-state index contributed by atoms with van der Waals surface area (Å²) < 4.78 is 0. The van der Waals surface area contributed by atoms with Crippen LogP contribution in [-0.4, -0.2) is 16.0 Å². The number of hydrazine groups is 1. The van der Waals surface area contributed by atoms with Crippen LogP contribution < -0.4 is 16.6 Å². The van der Waals surface area contributed by atoms with Crippen LogP contribution in [0.25, 0.3) is 0 Å². The fourth-order valence-corrected chi connectivity index (χ4v) is 3.12. The fraction of sp³-hybridized carbons (Fsp3) is 0.733. The van der Waals surface area contributed by atoms with Gasteiger partial charge < -0.3 is 10.7 Å². The smallest absolute Gasteiger partial charge is 0.145 e. The Hall–Kier alpha value is -1.36. The number of aromatic nitrogens is 2. The molecule has 2 saturated carbocycles. The molecule has 0 aromatic carbocycles. The Bertz CT molecular complexity index is 452. The van der Waals surface area contributed by atoms with Crippen molar-refractivity contribution in [3.63, 3.8) is 0 Å². The number of anilines is 2. The molecule has 5 nitrogen and oxygen atoms in total. The third-order valence-corrected chi connectivity index (χ3v) is 4.57. The van der Waals surface area contributed by atoms with Crippen LogP contribution in [0.2, 0.25) is 0 Å². The quantitative estimate of drug-likeness (QED) is 0.569. The average Bonchev–Trinajstić information content (AvgIpc) is 3.32. The van der Waals surface area contributed by atoms with E-state index in [4.69, 9.17) is 5.84 Å². The summed E-state index contributed by atoms with van der Waals surface area (Å²) in [6.45, 7) is 2.27. The molecule has 2 fully saturated rings. The van der Waals surface area contributed by atoms with E-state index in [1.165, 1.54) is 44.9 Å². The van der Waals surface area contributed by atoms with Crippen LogP contribution in [0.15, 0.2) is 6.07 Å². The average molecular weight is 275 g/mol. The van der Waals surface area contributed by atoms with Crippen LogP contribution >= 0.6 is 0 Å². The second-order valence-electron chi connectivity index (χ2n) is 6.25. The lowest BCUT2D eigenvalue weighted by atomic mass is 9.84. The Balaban J connectivity index is 1.70. The highest BCUT2D eigenvalue weighted by molar-refractivity contribution is 5.48. The maximum Gasteiger partial charge on any atom is 0.145 e. The molecule has 1 aromatic heterocycles. The van der Waals surface area contributed by atoms with Gasteiger partial charge in [-0.1, -0.05) is 19.3 Å². The van der Waals surface area contributed by atoms with E-state index in [0.717, 1.165) is 17.6 Å². The Morgan fingerprint density at radius 3 is 2.45 bits per heavy atom. The first-order valence-electron chi connectivity index (χ1n) is 7.88. The van der Waals surface area contributed by atoms with Crippen molar-refractivity contribution in [1.82, 2.24) is 9.97 Å². The SMILES string of the molecule is CC(Nc1cc(NN)nc(C2CC2)n1)C1CCCCC1. The standard InChI is InChI=1S/C15H25N5/c1-10(11-5-3-2-4-6-11)17-13-9-14(20-16)19-15(18-13)12-7-8-12/h9-12H,2-8,16H2,1H3,(H2,17,18,19,20). The van der Waals surface area contributed by atoms with Gasteiger partial charge in [0.25, 0.3) is 0 Å². The molecule has 0 bridgehead atoms. The van der Waals surface area contributed by atoms with Crippen molar-refractivity contribution in [1.29, 1.82) is 0 Å². The van der Waals surface area contributed by atoms with E-state index in [1.807, 2.05) is 6.07 Å². The normalized spacial score (nSPS) is 21.5. The zero-order valence-electron chi connectivity index (χ0n) is 12.2. The lowest BCUT2D eigenvalue weighted by Crippen LogP contribution is -2.28. The van der Waals surface area contributed by atoms with Gasteiger partial charge in [0.1, 0.15) is 17.5 Å². The molecule has 2 aliphatic rings. The van der Waals surface area contributed by atoms with E-state index < -0.39 is 0 Å². The summed E-state index contributed by atoms with van der Waals surface area (Å²) in [4.78, 5) is 9.11. The van der Waals surface area contributed by atoms with E-state index in [1.54, 1.807) is 0 Å². The fourth-order valence-electron chi connectivity index (χ4n) is 3.12. The zero-order valence-corrected chi connectivity index (χ0v) is 12.2. The van der Waals surface area contributed by atoms with Crippen molar-refractivity contribution in [3.8, 4) is 0 Å². The molecule has 0 spiro atoms.